The second-order valence-electron chi connectivity index (χ2n) is 20.9. The van der Waals surface area contributed by atoms with Crippen LogP contribution in [0.5, 0.6) is 0 Å². The molecule has 4 rings (SSSR count). The van der Waals surface area contributed by atoms with Gasteiger partial charge < -0.3 is 24.7 Å². The fourth-order valence-electron chi connectivity index (χ4n) is 7.93. The summed E-state index contributed by atoms with van der Waals surface area (Å²) in [6.07, 6.45) is 5.57. The van der Waals surface area contributed by atoms with E-state index in [2.05, 4.69) is 208 Å². The molecule has 0 saturated carbocycles. The maximum Gasteiger partial charge on any atom is 0.312 e. The van der Waals surface area contributed by atoms with Crippen molar-refractivity contribution in [3.63, 3.8) is 0 Å². The van der Waals surface area contributed by atoms with Gasteiger partial charge in [0.25, 0.3) is 0 Å². The van der Waals surface area contributed by atoms with E-state index < -0.39 is 67.5 Å². The molecule has 0 atom stereocenters. The van der Waals surface area contributed by atoms with Crippen molar-refractivity contribution in [2.24, 2.45) is 0 Å². The van der Waals surface area contributed by atoms with Gasteiger partial charge in [-0.15, -0.1) is 6.42 Å². The molecule has 4 aromatic rings. The Kier molecular flexibility index (Phi) is 17.2. The first-order chi connectivity index (χ1) is 29.2. The summed E-state index contributed by atoms with van der Waals surface area (Å²) in [6.45, 7) is 39.2. The highest BCUT2D eigenvalue weighted by Gasteiger charge is 2.44. The molecule has 0 spiro atoms. The van der Waals surface area contributed by atoms with Crippen molar-refractivity contribution in [3.8, 4) is 47.9 Å². The quantitative estimate of drug-likeness (QED) is 0.0927. The number of benzene rings is 4. The van der Waals surface area contributed by atoms with Crippen molar-refractivity contribution in [2.75, 3.05) is 0 Å². The molecule has 0 N–H and O–H groups in total. The zero-order chi connectivity index (χ0) is 48.0. The third-order valence-electron chi connectivity index (χ3n) is 9.29. The van der Waals surface area contributed by atoms with Gasteiger partial charge in [-0.1, -0.05) is 65.7 Å². The van der Waals surface area contributed by atoms with Gasteiger partial charge in [-0.25, -0.2) is 0 Å². The maximum atomic E-state index is 6.89. The minimum Gasteiger partial charge on any atom is -0.437 e. The van der Waals surface area contributed by atoms with Crippen molar-refractivity contribution in [3.05, 3.63) is 130 Å². The smallest absolute Gasteiger partial charge is 0.312 e. The van der Waals surface area contributed by atoms with Gasteiger partial charge in [-0.2, -0.15) is 0 Å². The molecule has 4 aromatic carbocycles. The SMILES string of the molecule is C#Cc1ccc(C#Cc2cc(C#Cc3ccc([Si](C)(C)O[Si](C)(C)O[Si](C)(C)O[Si](C)(C)C)cc3)cc(C#Cc3ccc([Si](C)(C)O[Si](C)(C)O[Si](C)(C)O[Si](C)(C)C)cc3)c2)cc1. The summed E-state index contributed by atoms with van der Waals surface area (Å²) >= 11 is 0. The normalized spacial score (nSPS) is 12.8. The Morgan fingerprint density at radius 1 is 0.297 bits per heavy atom. The second-order valence-corrected chi connectivity index (χ2v) is 52.6. The van der Waals surface area contributed by atoms with E-state index in [0.29, 0.717) is 0 Å². The predicted octanol–water partition coefficient (Wildman–Crippen LogP) is 11.3. The van der Waals surface area contributed by atoms with Crippen LogP contribution in [0.4, 0.5) is 0 Å². The van der Waals surface area contributed by atoms with Crippen molar-refractivity contribution in [2.45, 2.75) is 118 Å². The summed E-state index contributed by atoms with van der Waals surface area (Å²) in [7, 11) is -17.7. The topological polar surface area (TPSA) is 55.4 Å². The fourth-order valence-corrected chi connectivity index (χ4v) is 44.1. The zero-order valence-electron chi connectivity index (χ0n) is 41.7. The van der Waals surface area contributed by atoms with Crippen LogP contribution in [0.3, 0.4) is 0 Å². The molecule has 64 heavy (non-hydrogen) atoms. The maximum absolute atomic E-state index is 6.89. The molecule has 0 amide bonds. The van der Waals surface area contributed by atoms with Crippen molar-refractivity contribution in [1.82, 2.24) is 0 Å². The Hall–Kier alpha value is -3.38. The van der Waals surface area contributed by atoms with Crippen molar-refractivity contribution >= 4 is 77.9 Å². The second kappa shape index (κ2) is 20.6. The summed E-state index contributed by atoms with van der Waals surface area (Å²) < 4.78 is 40.1. The molecule has 0 aliphatic heterocycles. The lowest BCUT2D eigenvalue weighted by atomic mass is 10.0. The highest BCUT2D eigenvalue weighted by molar-refractivity contribution is 6.94. The van der Waals surface area contributed by atoms with Gasteiger partial charge in [0.15, 0.2) is 16.6 Å². The third-order valence-corrected chi connectivity index (χ3v) is 37.4. The van der Waals surface area contributed by atoms with Gasteiger partial charge in [0, 0.05) is 38.9 Å². The lowest BCUT2D eigenvalue weighted by Gasteiger charge is -2.40. The van der Waals surface area contributed by atoms with E-state index in [1.54, 1.807) is 0 Å². The lowest BCUT2D eigenvalue weighted by Crippen LogP contribution is -2.58. The van der Waals surface area contributed by atoms with Crippen LogP contribution in [-0.2, 0) is 24.7 Å². The van der Waals surface area contributed by atoms with E-state index in [-0.39, 0.29) is 0 Å². The average molecular weight is 992 g/mol. The number of rotatable bonds is 14. The fraction of sp³-hybridized carbons (Fsp3) is 0.360. The average Bonchev–Trinajstić information content (AvgIpc) is 3.12. The summed E-state index contributed by atoms with van der Waals surface area (Å²) in [5, 5.41) is 2.38. The Balaban J connectivity index is 1.59. The van der Waals surface area contributed by atoms with Crippen LogP contribution in [0.15, 0.2) is 91.0 Å². The molecule has 0 aliphatic carbocycles. The molecule has 0 saturated heterocycles. The first-order valence-electron chi connectivity index (χ1n) is 21.9. The molecule has 6 nitrogen and oxygen atoms in total. The third kappa shape index (κ3) is 18.1. The molecule has 338 valence electrons. The van der Waals surface area contributed by atoms with E-state index in [4.69, 9.17) is 31.1 Å². The van der Waals surface area contributed by atoms with Crippen LogP contribution in [0, 0.1) is 47.9 Å². The van der Waals surface area contributed by atoms with Gasteiger partial charge in [0.1, 0.15) is 0 Å². The standard InChI is InChI=1S/C50H70O6Si8/c1-20-42-21-23-43(24-22-42)25-28-46-39-47(29-26-44-31-35-49(36-32-44)59(8,9)53-63(16,17)55-61(12,13)51-57(2,3)4)41-48(40-46)30-27-45-33-37-50(38-34-45)60(10,11)54-64(18,19)56-62(14,15)52-58(5,6)7/h1,21-24,31-41H,2-19H3. The van der Waals surface area contributed by atoms with Crippen LogP contribution < -0.4 is 10.4 Å². The summed E-state index contributed by atoms with van der Waals surface area (Å²) in [5.74, 6) is 22.8. The van der Waals surface area contributed by atoms with E-state index in [0.717, 1.165) is 38.9 Å². The largest absolute Gasteiger partial charge is 0.437 e. The number of terminal acetylenes is 1. The van der Waals surface area contributed by atoms with Gasteiger partial charge in [0.05, 0.1) is 0 Å². The predicted molar refractivity (Wildman–Crippen MR) is 289 cm³/mol. The highest BCUT2D eigenvalue weighted by Crippen LogP contribution is 2.26. The molecule has 14 heteroatoms. The Morgan fingerprint density at radius 2 is 0.531 bits per heavy atom. The number of hydrogen-bond donors (Lipinski definition) is 0. The molecule has 0 aromatic heterocycles. The Morgan fingerprint density at radius 3 is 0.797 bits per heavy atom. The van der Waals surface area contributed by atoms with Gasteiger partial charge in [-0.3, -0.25) is 0 Å². The molecular weight excluding hydrogens is 921 g/mol. The van der Waals surface area contributed by atoms with Crippen LogP contribution in [0.25, 0.3) is 0 Å². The number of hydrogen-bond acceptors (Lipinski definition) is 6. The lowest BCUT2D eigenvalue weighted by molar-refractivity contribution is 0.330. The zero-order valence-corrected chi connectivity index (χ0v) is 49.7. The molecule has 0 bridgehead atoms. The first-order valence-corrected chi connectivity index (χ1v) is 45.8. The summed E-state index contributed by atoms with van der Waals surface area (Å²) in [6, 6.07) is 30.6. The van der Waals surface area contributed by atoms with Crippen molar-refractivity contribution in [1.29, 1.82) is 0 Å². The van der Waals surface area contributed by atoms with Gasteiger partial charge in [0.2, 0.25) is 16.6 Å². The van der Waals surface area contributed by atoms with Crippen LogP contribution in [0.2, 0.25) is 118 Å². The van der Waals surface area contributed by atoms with E-state index in [1.807, 2.05) is 42.5 Å². The van der Waals surface area contributed by atoms with Gasteiger partial charge >= 0.3 is 34.2 Å². The minimum atomic E-state index is -2.48. The van der Waals surface area contributed by atoms with E-state index in [9.17, 15) is 0 Å². The summed E-state index contributed by atoms with van der Waals surface area (Å²) in [5.41, 5.74) is 6.00. The molecule has 0 heterocycles. The van der Waals surface area contributed by atoms with Crippen LogP contribution >= 0.6 is 0 Å². The van der Waals surface area contributed by atoms with Crippen LogP contribution in [0.1, 0.15) is 38.9 Å². The van der Waals surface area contributed by atoms with E-state index in [1.165, 1.54) is 10.4 Å². The molecule has 0 radical (unpaired) electrons. The Bertz CT molecular complexity index is 2360. The minimum absolute atomic E-state index is 0.819. The van der Waals surface area contributed by atoms with Crippen LogP contribution in [-0.4, -0.2) is 67.5 Å². The monoisotopic (exact) mass is 990 g/mol. The summed E-state index contributed by atoms with van der Waals surface area (Å²) in [4.78, 5) is 0. The van der Waals surface area contributed by atoms with E-state index >= 15 is 0 Å². The highest BCUT2D eigenvalue weighted by atomic mass is 28.5. The van der Waals surface area contributed by atoms with Gasteiger partial charge in [-0.05, 0) is 195 Å². The molecule has 0 fully saturated rings. The molecular formula is C50H70O6Si8. The first kappa shape index (κ1) is 53.2. The molecule has 0 aliphatic rings. The van der Waals surface area contributed by atoms with Crippen molar-refractivity contribution < 1.29 is 24.7 Å². The Labute approximate surface area is 395 Å². The molecule has 0 unspecified atom stereocenters.